The summed E-state index contributed by atoms with van der Waals surface area (Å²) >= 11 is 0. The Hall–Kier alpha value is -1.53. The van der Waals surface area contributed by atoms with Gasteiger partial charge >= 0.3 is 0 Å². The highest BCUT2D eigenvalue weighted by Gasteiger charge is 2.38. The number of hydrogen-bond donors (Lipinski definition) is 2. The van der Waals surface area contributed by atoms with Crippen LogP contribution in [0.4, 0.5) is 8.78 Å². The van der Waals surface area contributed by atoms with Crippen molar-refractivity contribution in [1.29, 1.82) is 0 Å². The number of nitrogens with two attached hydrogens (primary N) is 1. The minimum absolute atomic E-state index is 0.0239. The van der Waals surface area contributed by atoms with E-state index in [1.165, 1.54) is 6.07 Å². The lowest BCUT2D eigenvalue weighted by Gasteiger charge is -2.20. The number of nitrogens with one attached hydrogen (secondary N) is 1. The second-order valence-corrected chi connectivity index (χ2v) is 4.38. The van der Waals surface area contributed by atoms with Crippen molar-refractivity contribution in [3.63, 3.8) is 0 Å². The summed E-state index contributed by atoms with van der Waals surface area (Å²) in [6.07, 6.45) is 0.435. The molecule has 1 aromatic rings. The number of halogens is 2. The summed E-state index contributed by atoms with van der Waals surface area (Å²) in [5.41, 5.74) is 5.01. The Kier molecular flexibility index (Phi) is 3.58. The van der Waals surface area contributed by atoms with Crippen LogP contribution in [0.2, 0.25) is 0 Å². The van der Waals surface area contributed by atoms with Crippen LogP contribution in [0, 0.1) is 11.6 Å². The number of amides is 1. The molecule has 2 rings (SSSR count). The Morgan fingerprint density at radius 2 is 2.28 bits per heavy atom. The van der Waals surface area contributed by atoms with Crippen molar-refractivity contribution < 1.29 is 18.3 Å². The maximum absolute atomic E-state index is 13.3. The summed E-state index contributed by atoms with van der Waals surface area (Å²) in [5, 5.41) is 2.54. The molecule has 3 N–H and O–H groups in total. The van der Waals surface area contributed by atoms with Crippen LogP contribution in [0.1, 0.15) is 12.0 Å². The Balaban J connectivity index is 1.97. The fourth-order valence-electron chi connectivity index (χ4n) is 1.78. The van der Waals surface area contributed by atoms with Gasteiger partial charge in [-0.2, -0.15) is 0 Å². The topological polar surface area (TPSA) is 64.4 Å². The monoisotopic (exact) mass is 256 g/mol. The normalized spacial score (nSPS) is 23.1. The fourth-order valence-corrected chi connectivity index (χ4v) is 1.78. The van der Waals surface area contributed by atoms with Crippen LogP contribution in [-0.4, -0.2) is 24.7 Å². The summed E-state index contributed by atoms with van der Waals surface area (Å²) in [7, 11) is 0. The molecule has 98 valence electrons. The van der Waals surface area contributed by atoms with Crippen molar-refractivity contribution in [2.24, 2.45) is 5.73 Å². The lowest BCUT2D eigenvalue weighted by Crippen LogP contribution is -2.54. The van der Waals surface area contributed by atoms with Gasteiger partial charge in [-0.05, 0) is 12.5 Å². The van der Waals surface area contributed by atoms with Crippen molar-refractivity contribution in [3.8, 4) is 0 Å². The van der Waals surface area contributed by atoms with Crippen molar-refractivity contribution in [2.45, 2.75) is 18.5 Å². The van der Waals surface area contributed by atoms with E-state index >= 15 is 0 Å². The Morgan fingerprint density at radius 3 is 2.89 bits per heavy atom. The van der Waals surface area contributed by atoms with Crippen LogP contribution < -0.4 is 11.1 Å². The predicted molar refractivity (Wildman–Crippen MR) is 60.6 cm³/mol. The lowest BCUT2D eigenvalue weighted by molar-refractivity contribution is -0.126. The summed E-state index contributed by atoms with van der Waals surface area (Å²) in [4.78, 5) is 11.8. The van der Waals surface area contributed by atoms with Crippen LogP contribution in [-0.2, 0) is 16.1 Å². The summed E-state index contributed by atoms with van der Waals surface area (Å²) < 4.78 is 31.1. The van der Waals surface area contributed by atoms with E-state index < -0.39 is 17.2 Å². The van der Waals surface area contributed by atoms with Gasteiger partial charge < -0.3 is 15.8 Å². The zero-order chi connectivity index (χ0) is 13.2. The van der Waals surface area contributed by atoms with Gasteiger partial charge in [-0.15, -0.1) is 0 Å². The lowest BCUT2D eigenvalue weighted by atomic mass is 9.99. The quantitative estimate of drug-likeness (QED) is 0.836. The van der Waals surface area contributed by atoms with E-state index in [-0.39, 0.29) is 24.6 Å². The van der Waals surface area contributed by atoms with Crippen LogP contribution in [0.5, 0.6) is 0 Å². The first-order chi connectivity index (χ1) is 8.51. The molecule has 1 saturated heterocycles. The zero-order valence-electron chi connectivity index (χ0n) is 9.71. The number of ether oxygens (including phenoxy) is 1. The van der Waals surface area contributed by atoms with Gasteiger partial charge in [-0.25, -0.2) is 8.78 Å². The SMILES string of the molecule is NC1(C(=O)NCc2ccc(F)cc2F)CCOC1. The largest absolute Gasteiger partial charge is 0.379 e. The second kappa shape index (κ2) is 4.99. The smallest absolute Gasteiger partial charge is 0.242 e. The third kappa shape index (κ3) is 2.65. The highest BCUT2D eigenvalue weighted by atomic mass is 19.1. The van der Waals surface area contributed by atoms with Gasteiger partial charge in [0.05, 0.1) is 6.61 Å². The van der Waals surface area contributed by atoms with Gasteiger partial charge in [0, 0.05) is 24.8 Å². The first-order valence-corrected chi connectivity index (χ1v) is 5.60. The van der Waals surface area contributed by atoms with Crippen molar-refractivity contribution >= 4 is 5.91 Å². The predicted octanol–water partition coefficient (Wildman–Crippen LogP) is 0.699. The second-order valence-electron chi connectivity index (χ2n) is 4.38. The van der Waals surface area contributed by atoms with Crippen molar-refractivity contribution in [3.05, 3.63) is 35.4 Å². The number of carbonyl (C=O) groups is 1. The molecule has 0 bridgehead atoms. The highest BCUT2D eigenvalue weighted by Crippen LogP contribution is 2.16. The fraction of sp³-hybridized carbons (Fsp3) is 0.417. The zero-order valence-corrected chi connectivity index (χ0v) is 9.71. The van der Waals surface area contributed by atoms with Gasteiger partial charge in [0.1, 0.15) is 17.2 Å². The van der Waals surface area contributed by atoms with Crippen molar-refractivity contribution in [1.82, 2.24) is 5.32 Å². The third-order valence-corrected chi connectivity index (χ3v) is 2.96. The average Bonchev–Trinajstić information content (AvgIpc) is 2.76. The van der Waals surface area contributed by atoms with Gasteiger partial charge in [0.25, 0.3) is 0 Å². The van der Waals surface area contributed by atoms with E-state index in [1.807, 2.05) is 0 Å². The molecule has 1 unspecified atom stereocenters. The standard InChI is InChI=1S/C12H14F2N2O2/c13-9-2-1-8(10(14)5-9)6-16-11(17)12(15)3-4-18-7-12/h1-2,5H,3-4,6-7,15H2,(H,16,17). The molecule has 6 heteroatoms. The summed E-state index contributed by atoms with van der Waals surface area (Å²) in [6.45, 7) is 0.573. The first-order valence-electron chi connectivity index (χ1n) is 5.60. The number of hydrogen-bond acceptors (Lipinski definition) is 3. The van der Waals surface area contributed by atoms with Crippen LogP contribution in [0.3, 0.4) is 0 Å². The molecule has 1 aliphatic rings. The highest BCUT2D eigenvalue weighted by molar-refractivity contribution is 5.86. The molecule has 1 heterocycles. The van der Waals surface area contributed by atoms with Gasteiger partial charge in [-0.3, -0.25) is 4.79 Å². The maximum Gasteiger partial charge on any atom is 0.242 e. The van der Waals surface area contributed by atoms with Crippen LogP contribution in [0.15, 0.2) is 18.2 Å². The Bertz CT molecular complexity index is 459. The molecule has 1 atom stereocenters. The van der Waals surface area contributed by atoms with Gasteiger partial charge in [0.15, 0.2) is 0 Å². The molecule has 0 aliphatic carbocycles. The van der Waals surface area contributed by atoms with Crippen LogP contribution >= 0.6 is 0 Å². The molecule has 0 saturated carbocycles. The van der Waals surface area contributed by atoms with Gasteiger partial charge in [-0.1, -0.05) is 6.07 Å². The Labute approximate surface area is 103 Å². The first kappa shape index (κ1) is 12.9. The van der Waals surface area contributed by atoms with E-state index in [1.54, 1.807) is 0 Å². The maximum atomic E-state index is 13.3. The van der Waals surface area contributed by atoms with E-state index in [2.05, 4.69) is 5.32 Å². The molecule has 18 heavy (non-hydrogen) atoms. The number of rotatable bonds is 3. The van der Waals surface area contributed by atoms with Crippen molar-refractivity contribution in [2.75, 3.05) is 13.2 Å². The van der Waals surface area contributed by atoms with E-state index in [0.29, 0.717) is 13.0 Å². The van der Waals surface area contributed by atoms with E-state index in [9.17, 15) is 13.6 Å². The third-order valence-electron chi connectivity index (χ3n) is 2.96. The minimum Gasteiger partial charge on any atom is -0.379 e. The molecule has 0 aromatic heterocycles. The number of carbonyl (C=O) groups excluding carboxylic acids is 1. The molecular weight excluding hydrogens is 242 g/mol. The molecule has 4 nitrogen and oxygen atoms in total. The minimum atomic E-state index is -1.05. The molecule has 1 aliphatic heterocycles. The van der Waals surface area contributed by atoms with Crippen LogP contribution in [0.25, 0.3) is 0 Å². The number of benzene rings is 1. The molecule has 1 aromatic carbocycles. The summed E-state index contributed by atoms with van der Waals surface area (Å²) in [5.74, 6) is -1.73. The molecule has 0 radical (unpaired) electrons. The Morgan fingerprint density at radius 1 is 1.50 bits per heavy atom. The molecule has 1 fully saturated rings. The van der Waals surface area contributed by atoms with E-state index in [0.717, 1.165) is 12.1 Å². The van der Waals surface area contributed by atoms with E-state index in [4.69, 9.17) is 10.5 Å². The molecule has 1 amide bonds. The molecular formula is C12H14F2N2O2. The summed E-state index contributed by atoms with van der Waals surface area (Å²) in [6, 6.07) is 3.21. The van der Waals surface area contributed by atoms with Gasteiger partial charge in [0.2, 0.25) is 5.91 Å². The average molecular weight is 256 g/mol. The molecule has 0 spiro atoms.